The van der Waals surface area contributed by atoms with Crippen LogP contribution in [0.1, 0.15) is 70.6 Å². The Morgan fingerprint density at radius 3 is 1.33 bits per heavy atom. The molecule has 8 rings (SSSR count). The van der Waals surface area contributed by atoms with Crippen molar-refractivity contribution >= 4 is 50.2 Å². The molecule has 0 fully saturated rings. The third-order valence-corrected chi connectivity index (χ3v) is 15.7. The molecule has 51 heavy (non-hydrogen) atoms. The van der Waals surface area contributed by atoms with E-state index < -0.39 is 39.4 Å². The minimum absolute atomic E-state index is 0.298. The van der Waals surface area contributed by atoms with Gasteiger partial charge in [0.15, 0.2) is 0 Å². The van der Waals surface area contributed by atoms with E-state index in [0.717, 1.165) is 52.1 Å². The monoisotopic (exact) mass is 708 g/mol. The Morgan fingerprint density at radius 1 is 0.529 bits per heavy atom. The summed E-state index contributed by atoms with van der Waals surface area (Å²) < 4.78 is 19.0. The average molecular weight is 709 g/mol. The topological polar surface area (TPSA) is 78.9 Å². The summed E-state index contributed by atoms with van der Waals surface area (Å²) in [6.07, 6.45) is 5.58. The van der Waals surface area contributed by atoms with Crippen molar-refractivity contribution in [2.45, 2.75) is 43.3 Å². The molecule has 6 aromatic rings. The molecule has 0 amide bonds. The molecule has 0 N–H and O–H groups in total. The fourth-order valence-electron chi connectivity index (χ4n) is 7.84. The molecule has 1 atom stereocenters. The van der Waals surface area contributed by atoms with Crippen LogP contribution in [0, 0.1) is 0 Å². The predicted octanol–water partition coefficient (Wildman–Crippen LogP) is 10.9. The summed E-state index contributed by atoms with van der Waals surface area (Å²) in [5.41, 5.74) is 3.87. The maximum absolute atomic E-state index is 14.7. The van der Waals surface area contributed by atoms with E-state index in [1.807, 2.05) is 105 Å². The van der Waals surface area contributed by atoms with E-state index in [0.29, 0.717) is 39.3 Å². The number of fused-ring (bicyclic) bond motifs is 3. The summed E-state index contributed by atoms with van der Waals surface area (Å²) in [4.78, 5) is 44.1. The summed E-state index contributed by atoms with van der Waals surface area (Å²) >= 11 is -5.63. The van der Waals surface area contributed by atoms with Crippen LogP contribution in [0.15, 0.2) is 150 Å². The summed E-state index contributed by atoms with van der Waals surface area (Å²) in [5, 5.41) is 4.61. The molecule has 0 heterocycles. The van der Waals surface area contributed by atoms with Crippen molar-refractivity contribution in [3.8, 4) is 0 Å². The first kappa shape index (κ1) is 32.9. The number of rotatable bonds is 7. The molecule has 0 spiro atoms. The van der Waals surface area contributed by atoms with Crippen LogP contribution >= 0.6 is 0 Å². The molecule has 0 saturated heterocycles. The zero-order valence-electron chi connectivity index (χ0n) is 28.5. The summed E-state index contributed by atoms with van der Waals surface area (Å²) in [6.45, 7) is 3.90. The van der Waals surface area contributed by atoms with Crippen LogP contribution in [-0.4, -0.2) is 17.9 Å². The molecule has 2 aliphatic rings. The summed E-state index contributed by atoms with van der Waals surface area (Å²) in [6, 6.07) is 38.9. The number of carbonyl (C=O) groups excluding carboxylic acids is 3. The molecular formula is C44H36O6Ti. The van der Waals surface area contributed by atoms with Crippen molar-refractivity contribution in [3.63, 3.8) is 0 Å². The van der Waals surface area contributed by atoms with Crippen molar-refractivity contribution in [1.82, 2.24) is 0 Å². The van der Waals surface area contributed by atoms with Gasteiger partial charge in [0.05, 0.1) is 0 Å². The molecule has 252 valence electrons. The van der Waals surface area contributed by atoms with Crippen LogP contribution in [0.25, 0.3) is 32.3 Å². The van der Waals surface area contributed by atoms with Crippen LogP contribution in [0.2, 0.25) is 3.72 Å². The van der Waals surface area contributed by atoms with Crippen LogP contribution in [0.4, 0.5) is 0 Å². The quantitative estimate of drug-likeness (QED) is 0.154. The molecule has 1 unspecified atom stereocenters. The maximum atomic E-state index is 14.7. The second kappa shape index (κ2) is 13.1. The fraction of sp³-hybridized carbons (Fsp3) is 0.159. The minimum atomic E-state index is -5.63. The number of hydrogen-bond acceptors (Lipinski definition) is 6. The van der Waals surface area contributed by atoms with Crippen LogP contribution < -0.4 is 0 Å². The molecule has 0 radical (unpaired) electrons. The number of benzene rings is 6. The summed E-state index contributed by atoms with van der Waals surface area (Å²) in [7, 11) is 0. The third-order valence-electron chi connectivity index (χ3n) is 10.6. The second-order valence-electron chi connectivity index (χ2n) is 13.5. The molecule has 0 aliphatic heterocycles. The van der Waals surface area contributed by atoms with Gasteiger partial charge in [0.25, 0.3) is 0 Å². The van der Waals surface area contributed by atoms with E-state index in [2.05, 4.69) is 6.08 Å². The Balaban J connectivity index is 1.35. The van der Waals surface area contributed by atoms with Crippen molar-refractivity contribution in [3.05, 3.63) is 167 Å². The Hall–Kier alpha value is -5.30. The van der Waals surface area contributed by atoms with E-state index in [9.17, 15) is 14.4 Å². The number of hydrogen-bond donors (Lipinski definition) is 0. The van der Waals surface area contributed by atoms with Crippen molar-refractivity contribution < 1.29 is 42.1 Å². The number of carbonyl (C=O) groups is 3. The van der Waals surface area contributed by atoms with E-state index >= 15 is 0 Å². The predicted molar refractivity (Wildman–Crippen MR) is 196 cm³/mol. The van der Waals surface area contributed by atoms with Crippen LogP contribution in [0.5, 0.6) is 0 Å². The molecule has 0 aromatic heterocycles. The molecule has 6 aromatic carbocycles. The normalized spacial score (nSPS) is 17.3. The van der Waals surface area contributed by atoms with Gasteiger partial charge in [0, 0.05) is 0 Å². The number of allylic oxidation sites excluding steroid dienone is 4. The zero-order valence-corrected chi connectivity index (χ0v) is 30.0. The van der Waals surface area contributed by atoms with Gasteiger partial charge in [-0.1, -0.05) is 0 Å². The van der Waals surface area contributed by atoms with Gasteiger partial charge in [-0.15, -0.1) is 0 Å². The van der Waals surface area contributed by atoms with Crippen LogP contribution in [0.3, 0.4) is 0 Å². The molecule has 7 heteroatoms. The van der Waals surface area contributed by atoms with Crippen LogP contribution in [-0.2, 0) is 27.7 Å². The van der Waals surface area contributed by atoms with Crippen molar-refractivity contribution in [2.75, 3.05) is 0 Å². The second-order valence-corrected chi connectivity index (χ2v) is 17.7. The first-order valence-corrected chi connectivity index (χ1v) is 20.0. The molecule has 6 nitrogen and oxygen atoms in total. The van der Waals surface area contributed by atoms with E-state index in [1.165, 1.54) is 0 Å². The summed E-state index contributed by atoms with van der Waals surface area (Å²) in [5.74, 6) is -2.12. The van der Waals surface area contributed by atoms with Crippen molar-refractivity contribution in [2.24, 2.45) is 0 Å². The fourth-order valence-corrected chi connectivity index (χ4v) is 12.5. The van der Waals surface area contributed by atoms with Gasteiger partial charge in [-0.05, 0) is 0 Å². The van der Waals surface area contributed by atoms with Gasteiger partial charge in [0.2, 0.25) is 0 Å². The van der Waals surface area contributed by atoms with Crippen molar-refractivity contribution in [1.29, 1.82) is 0 Å². The Morgan fingerprint density at radius 2 is 0.902 bits per heavy atom. The molecule has 0 bridgehead atoms. The standard InChI is InChI=1S/3C11H8O2.C11H15.Ti/c3*12-11(13)10-7-3-5-8-4-1-2-6-9(8)10;1-8-7-10-5-3-4-6-11(10)9(8)2;/h3*1-7H,(H,12,13);7H,3-6H2,1-2H3;/q;;;;+3/p-3. The van der Waals surface area contributed by atoms with Gasteiger partial charge < -0.3 is 0 Å². The SMILES string of the molecule is CC1=CC2=C(CCCC2)[C]1(C)[Ti]([O]C(=O)c1cccc2ccccc12)([O]C(=O)c1cccc2ccccc12)[O]C(=O)c1cccc2ccccc12. The zero-order chi connectivity index (χ0) is 35.2. The van der Waals surface area contributed by atoms with E-state index in [-0.39, 0.29) is 0 Å². The van der Waals surface area contributed by atoms with Gasteiger partial charge in [-0.3, -0.25) is 0 Å². The average Bonchev–Trinajstić information content (AvgIpc) is 3.43. The first-order chi connectivity index (χ1) is 24.8. The third kappa shape index (κ3) is 5.60. The molecular weight excluding hydrogens is 672 g/mol. The Labute approximate surface area is 301 Å². The van der Waals surface area contributed by atoms with E-state index in [4.69, 9.17) is 9.96 Å². The first-order valence-electron chi connectivity index (χ1n) is 17.3. The van der Waals surface area contributed by atoms with Gasteiger partial charge in [-0.25, -0.2) is 0 Å². The van der Waals surface area contributed by atoms with Gasteiger partial charge >= 0.3 is 302 Å². The Kier molecular flexibility index (Phi) is 8.45. The van der Waals surface area contributed by atoms with Gasteiger partial charge in [0.1, 0.15) is 0 Å². The molecule has 2 aliphatic carbocycles. The Bertz CT molecular complexity index is 2220. The van der Waals surface area contributed by atoms with E-state index in [1.54, 1.807) is 36.4 Å². The molecule has 0 saturated carbocycles. The van der Waals surface area contributed by atoms with Gasteiger partial charge in [-0.2, -0.15) is 0 Å².